The number of rotatable bonds is 0. The summed E-state index contributed by atoms with van der Waals surface area (Å²) in [6.45, 7) is 7.37. The van der Waals surface area contributed by atoms with Gasteiger partial charge in [-0.25, -0.2) is 0 Å². The van der Waals surface area contributed by atoms with Crippen LogP contribution in [-0.2, 0) is 0 Å². The summed E-state index contributed by atoms with van der Waals surface area (Å²) in [5.74, 6) is 3.12. The molecular weight excluding hydrogens is 144 g/mol. The molecule has 3 saturated carbocycles. The summed E-state index contributed by atoms with van der Waals surface area (Å²) in [5.41, 5.74) is 5.29. The summed E-state index contributed by atoms with van der Waals surface area (Å²) in [6, 6.07) is 0. The lowest BCUT2D eigenvalue weighted by atomic mass is 9.89. The van der Waals surface area contributed by atoms with Gasteiger partial charge in [0, 0.05) is 5.41 Å². The molecule has 64 valence electrons. The van der Waals surface area contributed by atoms with Crippen LogP contribution < -0.4 is 0 Å². The van der Waals surface area contributed by atoms with Crippen LogP contribution in [0.5, 0.6) is 0 Å². The molecule has 4 aliphatic carbocycles. The van der Waals surface area contributed by atoms with Crippen LogP contribution in [0, 0.1) is 28.6 Å². The lowest BCUT2D eigenvalue weighted by Gasteiger charge is -2.15. The van der Waals surface area contributed by atoms with Crippen LogP contribution in [0.25, 0.3) is 0 Å². The van der Waals surface area contributed by atoms with Gasteiger partial charge in [-0.15, -0.1) is 0 Å². The summed E-state index contributed by atoms with van der Waals surface area (Å²) in [5, 5.41) is 0. The van der Waals surface area contributed by atoms with Crippen molar-refractivity contribution in [2.75, 3.05) is 0 Å². The third-order valence-corrected chi connectivity index (χ3v) is 5.88. The monoisotopic (exact) mass is 160 g/mol. The van der Waals surface area contributed by atoms with E-state index in [-0.39, 0.29) is 0 Å². The molecule has 0 amide bonds. The smallest absolute Gasteiger partial charge is 0.0135 e. The molecule has 0 heteroatoms. The van der Waals surface area contributed by atoms with Crippen LogP contribution >= 0.6 is 0 Å². The van der Waals surface area contributed by atoms with E-state index < -0.39 is 0 Å². The first-order chi connectivity index (χ1) is 5.64. The standard InChI is InChI=1S/C12H16/c1-6-4-11-5-12(6)8(3)10(12)9(11)7(11)2/h6,8,10H,4-5H2,1-3H3. The zero-order chi connectivity index (χ0) is 8.30. The zero-order valence-electron chi connectivity index (χ0n) is 8.15. The molecule has 0 aromatic rings. The van der Waals surface area contributed by atoms with Crippen molar-refractivity contribution in [3.8, 4) is 0 Å². The molecule has 0 heterocycles. The van der Waals surface area contributed by atoms with E-state index in [0.29, 0.717) is 0 Å². The topological polar surface area (TPSA) is 0 Å². The minimum atomic E-state index is 0.733. The van der Waals surface area contributed by atoms with Crippen molar-refractivity contribution in [3.05, 3.63) is 11.1 Å². The largest absolute Gasteiger partial charge is 0.0626 e. The SMILES string of the molecule is CC1=C2C3C(C)C34CC12CC4C. The summed E-state index contributed by atoms with van der Waals surface area (Å²) in [4.78, 5) is 0. The van der Waals surface area contributed by atoms with Crippen molar-refractivity contribution in [2.24, 2.45) is 28.6 Å². The molecule has 2 bridgehead atoms. The first kappa shape index (κ1) is 6.23. The van der Waals surface area contributed by atoms with Crippen LogP contribution in [0.15, 0.2) is 11.1 Å². The van der Waals surface area contributed by atoms with E-state index in [1.54, 1.807) is 12.0 Å². The maximum atomic E-state index is 2.49. The van der Waals surface area contributed by atoms with E-state index in [2.05, 4.69) is 20.8 Å². The Hall–Kier alpha value is -0.260. The zero-order valence-corrected chi connectivity index (χ0v) is 8.15. The second kappa shape index (κ2) is 1.23. The van der Waals surface area contributed by atoms with Crippen LogP contribution in [0.3, 0.4) is 0 Å². The Morgan fingerprint density at radius 3 is 2.75 bits per heavy atom. The molecule has 5 unspecified atom stereocenters. The Morgan fingerprint density at radius 1 is 1.33 bits per heavy atom. The van der Waals surface area contributed by atoms with Crippen LogP contribution in [0.1, 0.15) is 33.6 Å². The van der Waals surface area contributed by atoms with Gasteiger partial charge in [-0.2, -0.15) is 0 Å². The number of allylic oxidation sites excluding steroid dienone is 2. The predicted molar refractivity (Wildman–Crippen MR) is 48.6 cm³/mol. The van der Waals surface area contributed by atoms with Gasteiger partial charge in [0.1, 0.15) is 0 Å². The fraction of sp³-hybridized carbons (Fsp3) is 0.833. The van der Waals surface area contributed by atoms with Gasteiger partial charge in [0.15, 0.2) is 0 Å². The highest BCUT2D eigenvalue weighted by molar-refractivity contribution is 5.62. The molecule has 0 nitrogen and oxygen atoms in total. The summed E-state index contributed by atoms with van der Waals surface area (Å²) in [6.07, 6.45) is 3.06. The van der Waals surface area contributed by atoms with Crippen molar-refractivity contribution in [1.29, 1.82) is 0 Å². The average Bonchev–Trinajstić information content (AvgIpc) is 2.71. The Balaban J connectivity index is 1.93. The van der Waals surface area contributed by atoms with Crippen molar-refractivity contribution < 1.29 is 0 Å². The van der Waals surface area contributed by atoms with Gasteiger partial charge in [-0.05, 0) is 42.9 Å². The molecule has 12 heavy (non-hydrogen) atoms. The summed E-state index contributed by atoms with van der Waals surface area (Å²) in [7, 11) is 0. The highest BCUT2D eigenvalue weighted by Gasteiger charge is 2.84. The van der Waals surface area contributed by atoms with Gasteiger partial charge < -0.3 is 0 Å². The van der Waals surface area contributed by atoms with Crippen molar-refractivity contribution in [3.63, 3.8) is 0 Å². The van der Waals surface area contributed by atoms with E-state index in [9.17, 15) is 0 Å². The lowest BCUT2D eigenvalue weighted by molar-refractivity contribution is 0.352. The number of fused-ring (bicyclic) bond motifs is 1. The second-order valence-electron chi connectivity index (χ2n) is 5.78. The molecule has 0 aromatic heterocycles. The van der Waals surface area contributed by atoms with E-state index in [4.69, 9.17) is 0 Å². The molecule has 2 spiro atoms. The maximum absolute atomic E-state index is 2.49. The highest BCUT2D eigenvalue weighted by Crippen LogP contribution is 2.92. The fourth-order valence-electron chi connectivity index (χ4n) is 5.24. The molecule has 0 saturated heterocycles. The number of hydrogen-bond acceptors (Lipinski definition) is 0. The minimum absolute atomic E-state index is 0.733. The minimum Gasteiger partial charge on any atom is -0.0626 e. The Labute approximate surface area is 74.0 Å². The van der Waals surface area contributed by atoms with Gasteiger partial charge in [0.25, 0.3) is 0 Å². The molecule has 0 N–H and O–H groups in total. The molecule has 5 atom stereocenters. The van der Waals surface area contributed by atoms with Gasteiger partial charge in [-0.1, -0.05) is 25.0 Å². The molecular formula is C12H16. The number of hydrogen-bond donors (Lipinski definition) is 0. The Bertz CT molecular complexity index is 338. The van der Waals surface area contributed by atoms with Crippen LogP contribution in [0.2, 0.25) is 0 Å². The highest BCUT2D eigenvalue weighted by atomic mass is 14.9. The Morgan fingerprint density at radius 2 is 2.08 bits per heavy atom. The first-order valence-corrected chi connectivity index (χ1v) is 5.36. The van der Waals surface area contributed by atoms with Gasteiger partial charge >= 0.3 is 0 Å². The maximum Gasteiger partial charge on any atom is 0.0135 e. The van der Waals surface area contributed by atoms with Gasteiger partial charge in [0.2, 0.25) is 0 Å². The fourth-order valence-corrected chi connectivity index (χ4v) is 5.24. The van der Waals surface area contributed by atoms with Gasteiger partial charge in [0.05, 0.1) is 0 Å². The molecule has 0 aromatic carbocycles. The van der Waals surface area contributed by atoms with E-state index >= 15 is 0 Å². The van der Waals surface area contributed by atoms with E-state index in [0.717, 1.165) is 28.6 Å². The lowest BCUT2D eigenvalue weighted by Crippen LogP contribution is -2.08. The van der Waals surface area contributed by atoms with Crippen molar-refractivity contribution in [1.82, 2.24) is 0 Å². The third-order valence-electron chi connectivity index (χ3n) is 5.88. The quantitative estimate of drug-likeness (QED) is 0.478. The van der Waals surface area contributed by atoms with Crippen molar-refractivity contribution in [2.45, 2.75) is 33.6 Å². The molecule has 0 radical (unpaired) electrons. The van der Waals surface area contributed by atoms with E-state index in [1.165, 1.54) is 6.42 Å². The second-order valence-corrected chi connectivity index (χ2v) is 5.78. The molecule has 0 aliphatic heterocycles. The van der Waals surface area contributed by atoms with Gasteiger partial charge in [-0.3, -0.25) is 0 Å². The third kappa shape index (κ3) is 0.313. The van der Waals surface area contributed by atoms with Crippen LogP contribution in [0.4, 0.5) is 0 Å². The van der Waals surface area contributed by atoms with Crippen LogP contribution in [-0.4, -0.2) is 0 Å². The summed E-state index contributed by atoms with van der Waals surface area (Å²) >= 11 is 0. The van der Waals surface area contributed by atoms with Crippen molar-refractivity contribution >= 4 is 0 Å². The Kier molecular flexibility index (Phi) is 0.641. The van der Waals surface area contributed by atoms with E-state index in [1.807, 2.05) is 5.57 Å². The molecule has 4 rings (SSSR count). The molecule has 4 aliphatic rings. The first-order valence-electron chi connectivity index (χ1n) is 5.36. The average molecular weight is 160 g/mol. The predicted octanol–water partition coefficient (Wildman–Crippen LogP) is 3.00. The normalized spacial score (nSPS) is 69.8. The molecule has 3 fully saturated rings. The summed E-state index contributed by atoms with van der Waals surface area (Å²) < 4.78 is 0.